The van der Waals surface area contributed by atoms with Crippen molar-refractivity contribution in [2.45, 2.75) is 51.8 Å². The van der Waals surface area contributed by atoms with Crippen molar-refractivity contribution in [2.24, 2.45) is 5.92 Å². The van der Waals surface area contributed by atoms with Gasteiger partial charge in [0.05, 0.1) is 12.7 Å². The van der Waals surface area contributed by atoms with Crippen LogP contribution in [0.5, 0.6) is 0 Å². The highest BCUT2D eigenvalue weighted by molar-refractivity contribution is 4.78. The van der Waals surface area contributed by atoms with Crippen LogP contribution in [-0.4, -0.2) is 36.5 Å². The molecular formula is C11H23NO2. The molecule has 0 radical (unpaired) electrons. The minimum absolute atomic E-state index is 0.218. The fourth-order valence-corrected chi connectivity index (χ4v) is 2.11. The Balaban J connectivity index is 2.21. The molecule has 0 saturated carbocycles. The SMILES string of the molecule is CC(O)CC(C)NC(C)C1CCOC1. The smallest absolute Gasteiger partial charge is 0.0526 e. The van der Waals surface area contributed by atoms with Crippen LogP contribution < -0.4 is 5.32 Å². The van der Waals surface area contributed by atoms with E-state index in [4.69, 9.17) is 4.74 Å². The van der Waals surface area contributed by atoms with E-state index in [0.717, 1.165) is 26.1 Å². The predicted molar refractivity (Wildman–Crippen MR) is 57.3 cm³/mol. The Kier molecular flexibility index (Phi) is 4.85. The van der Waals surface area contributed by atoms with Gasteiger partial charge >= 0.3 is 0 Å². The van der Waals surface area contributed by atoms with Gasteiger partial charge in [-0.3, -0.25) is 0 Å². The third-order valence-corrected chi connectivity index (χ3v) is 2.91. The molecule has 0 spiro atoms. The first kappa shape index (κ1) is 12.0. The van der Waals surface area contributed by atoms with Crippen molar-refractivity contribution in [2.75, 3.05) is 13.2 Å². The molecule has 0 amide bonds. The molecule has 1 rings (SSSR count). The van der Waals surface area contributed by atoms with Crippen LogP contribution in [-0.2, 0) is 4.74 Å². The molecule has 2 N–H and O–H groups in total. The van der Waals surface area contributed by atoms with E-state index in [1.54, 1.807) is 0 Å². The quantitative estimate of drug-likeness (QED) is 0.701. The van der Waals surface area contributed by atoms with Crippen molar-refractivity contribution >= 4 is 0 Å². The lowest BCUT2D eigenvalue weighted by Gasteiger charge is -2.24. The van der Waals surface area contributed by atoms with Crippen molar-refractivity contribution in [3.63, 3.8) is 0 Å². The maximum absolute atomic E-state index is 9.24. The second-order valence-electron chi connectivity index (χ2n) is 4.56. The highest BCUT2D eigenvalue weighted by Crippen LogP contribution is 2.17. The minimum Gasteiger partial charge on any atom is -0.393 e. The molecule has 0 aromatic carbocycles. The van der Waals surface area contributed by atoms with Gasteiger partial charge in [0.1, 0.15) is 0 Å². The molecule has 0 aliphatic carbocycles. The summed E-state index contributed by atoms with van der Waals surface area (Å²) in [6.45, 7) is 7.95. The Labute approximate surface area is 86.8 Å². The molecule has 3 heteroatoms. The molecule has 1 fully saturated rings. The lowest BCUT2D eigenvalue weighted by atomic mass is 9.99. The van der Waals surface area contributed by atoms with Gasteiger partial charge in [-0.2, -0.15) is 0 Å². The predicted octanol–water partition coefficient (Wildman–Crippen LogP) is 1.16. The number of nitrogens with one attached hydrogen (secondary N) is 1. The topological polar surface area (TPSA) is 41.5 Å². The molecule has 0 aromatic rings. The first-order valence-corrected chi connectivity index (χ1v) is 5.61. The second kappa shape index (κ2) is 5.69. The normalized spacial score (nSPS) is 28.7. The van der Waals surface area contributed by atoms with Crippen LogP contribution in [0.1, 0.15) is 33.6 Å². The fraction of sp³-hybridized carbons (Fsp3) is 1.00. The van der Waals surface area contributed by atoms with E-state index in [9.17, 15) is 5.11 Å². The largest absolute Gasteiger partial charge is 0.393 e. The summed E-state index contributed by atoms with van der Waals surface area (Å²) in [5.41, 5.74) is 0. The molecule has 1 saturated heterocycles. The molecule has 4 atom stereocenters. The lowest BCUT2D eigenvalue weighted by Crippen LogP contribution is -2.41. The molecule has 1 aliphatic rings. The van der Waals surface area contributed by atoms with E-state index in [1.807, 2.05) is 6.92 Å². The van der Waals surface area contributed by atoms with Crippen LogP contribution in [0.2, 0.25) is 0 Å². The van der Waals surface area contributed by atoms with Gasteiger partial charge in [-0.1, -0.05) is 0 Å². The van der Waals surface area contributed by atoms with Gasteiger partial charge in [0.25, 0.3) is 0 Å². The van der Waals surface area contributed by atoms with Gasteiger partial charge in [0.2, 0.25) is 0 Å². The highest BCUT2D eigenvalue weighted by atomic mass is 16.5. The highest BCUT2D eigenvalue weighted by Gasteiger charge is 2.23. The number of aliphatic hydroxyl groups is 1. The van der Waals surface area contributed by atoms with Gasteiger partial charge in [0, 0.05) is 18.7 Å². The Morgan fingerprint density at radius 3 is 2.64 bits per heavy atom. The molecule has 1 aliphatic heterocycles. The maximum atomic E-state index is 9.24. The number of hydrogen-bond acceptors (Lipinski definition) is 3. The molecule has 0 bridgehead atoms. The number of aliphatic hydroxyl groups excluding tert-OH is 1. The molecule has 4 unspecified atom stereocenters. The Morgan fingerprint density at radius 2 is 2.14 bits per heavy atom. The average Bonchev–Trinajstić information content (AvgIpc) is 2.53. The van der Waals surface area contributed by atoms with Crippen molar-refractivity contribution in [1.82, 2.24) is 5.32 Å². The van der Waals surface area contributed by atoms with Gasteiger partial charge < -0.3 is 15.2 Å². The average molecular weight is 201 g/mol. The summed E-state index contributed by atoms with van der Waals surface area (Å²) in [5.74, 6) is 0.645. The molecular weight excluding hydrogens is 178 g/mol. The van der Waals surface area contributed by atoms with Gasteiger partial charge in [0.15, 0.2) is 0 Å². The third kappa shape index (κ3) is 3.95. The summed E-state index contributed by atoms with van der Waals surface area (Å²) in [6.07, 6.45) is 1.76. The van der Waals surface area contributed by atoms with E-state index in [-0.39, 0.29) is 6.10 Å². The molecule has 1 heterocycles. The number of rotatable bonds is 5. The third-order valence-electron chi connectivity index (χ3n) is 2.91. The monoisotopic (exact) mass is 201 g/mol. The standard InChI is InChI=1S/C11H23NO2/c1-8(6-9(2)13)12-10(3)11-4-5-14-7-11/h8-13H,4-7H2,1-3H3. The first-order chi connectivity index (χ1) is 6.59. The van der Waals surface area contributed by atoms with Crippen LogP contribution in [0.25, 0.3) is 0 Å². The van der Waals surface area contributed by atoms with E-state index < -0.39 is 0 Å². The van der Waals surface area contributed by atoms with Crippen LogP contribution >= 0.6 is 0 Å². The zero-order chi connectivity index (χ0) is 10.6. The van der Waals surface area contributed by atoms with E-state index in [0.29, 0.717) is 18.0 Å². The van der Waals surface area contributed by atoms with Crippen LogP contribution in [0.4, 0.5) is 0 Å². The summed E-state index contributed by atoms with van der Waals surface area (Å²) in [6, 6.07) is 0.872. The summed E-state index contributed by atoms with van der Waals surface area (Å²) in [7, 11) is 0. The molecule has 0 aromatic heterocycles. The Morgan fingerprint density at radius 1 is 1.43 bits per heavy atom. The Bertz CT molecular complexity index is 155. The zero-order valence-corrected chi connectivity index (χ0v) is 9.49. The maximum Gasteiger partial charge on any atom is 0.0526 e. The summed E-state index contributed by atoms with van der Waals surface area (Å²) < 4.78 is 5.35. The van der Waals surface area contributed by atoms with E-state index >= 15 is 0 Å². The molecule has 3 nitrogen and oxygen atoms in total. The Hall–Kier alpha value is -0.120. The van der Waals surface area contributed by atoms with Crippen LogP contribution in [0.15, 0.2) is 0 Å². The molecule has 14 heavy (non-hydrogen) atoms. The van der Waals surface area contributed by atoms with Crippen molar-refractivity contribution < 1.29 is 9.84 Å². The van der Waals surface area contributed by atoms with Gasteiger partial charge in [-0.15, -0.1) is 0 Å². The van der Waals surface area contributed by atoms with Gasteiger partial charge in [-0.25, -0.2) is 0 Å². The minimum atomic E-state index is -0.218. The summed E-state index contributed by atoms with van der Waals surface area (Å²) in [4.78, 5) is 0. The van der Waals surface area contributed by atoms with Crippen molar-refractivity contribution in [1.29, 1.82) is 0 Å². The zero-order valence-electron chi connectivity index (χ0n) is 9.49. The van der Waals surface area contributed by atoms with Gasteiger partial charge in [-0.05, 0) is 39.5 Å². The summed E-state index contributed by atoms with van der Waals surface area (Å²) >= 11 is 0. The van der Waals surface area contributed by atoms with Crippen LogP contribution in [0, 0.1) is 5.92 Å². The van der Waals surface area contributed by atoms with Crippen molar-refractivity contribution in [3.05, 3.63) is 0 Å². The van der Waals surface area contributed by atoms with Crippen LogP contribution in [0.3, 0.4) is 0 Å². The molecule has 84 valence electrons. The number of hydrogen-bond donors (Lipinski definition) is 2. The van der Waals surface area contributed by atoms with E-state index in [1.165, 1.54) is 0 Å². The van der Waals surface area contributed by atoms with Crippen molar-refractivity contribution in [3.8, 4) is 0 Å². The summed E-state index contributed by atoms with van der Waals surface area (Å²) in [5, 5.41) is 12.7. The second-order valence-corrected chi connectivity index (χ2v) is 4.56. The lowest BCUT2D eigenvalue weighted by molar-refractivity contribution is 0.158. The fourth-order valence-electron chi connectivity index (χ4n) is 2.11. The van der Waals surface area contributed by atoms with E-state index in [2.05, 4.69) is 19.2 Å². The number of ether oxygens (including phenoxy) is 1. The first-order valence-electron chi connectivity index (χ1n) is 5.61.